The molecule has 4 nitrogen and oxygen atoms in total. The predicted octanol–water partition coefficient (Wildman–Crippen LogP) is 2.87. The van der Waals surface area contributed by atoms with E-state index in [1.165, 1.54) is 0 Å². The lowest BCUT2D eigenvalue weighted by molar-refractivity contribution is 0.112. The first-order valence-corrected chi connectivity index (χ1v) is 7.31. The minimum Gasteiger partial charge on any atom is -0.368 e. The fraction of sp³-hybridized carbons (Fsp3) is 0.250. The average Bonchev–Trinajstić information content (AvgIpc) is 2.55. The van der Waals surface area contributed by atoms with Gasteiger partial charge in [-0.25, -0.2) is 4.98 Å². The van der Waals surface area contributed by atoms with Crippen LogP contribution < -0.4 is 9.80 Å². The summed E-state index contributed by atoms with van der Waals surface area (Å²) in [6, 6.07) is 11.5. The van der Waals surface area contributed by atoms with Gasteiger partial charge in [0.15, 0.2) is 6.29 Å². The number of hydrogen-bond donors (Lipinski definition) is 0. The van der Waals surface area contributed by atoms with E-state index in [2.05, 4.69) is 20.9 Å². The molecule has 0 radical (unpaired) electrons. The van der Waals surface area contributed by atoms with Crippen molar-refractivity contribution in [1.29, 1.82) is 0 Å². The Morgan fingerprint density at radius 1 is 1.05 bits per heavy atom. The zero-order valence-corrected chi connectivity index (χ0v) is 12.3. The first kappa shape index (κ1) is 13.9. The average molecular weight is 302 g/mol. The van der Waals surface area contributed by atoms with E-state index < -0.39 is 0 Å². The van der Waals surface area contributed by atoms with Gasteiger partial charge in [0.25, 0.3) is 0 Å². The molecule has 1 aliphatic rings. The Balaban J connectivity index is 1.72. The molecule has 0 N–H and O–H groups in total. The zero-order chi connectivity index (χ0) is 14.7. The second kappa shape index (κ2) is 6.14. The summed E-state index contributed by atoms with van der Waals surface area (Å²) in [6.07, 6.45) is 2.59. The second-order valence-corrected chi connectivity index (χ2v) is 5.42. The Labute approximate surface area is 129 Å². The molecule has 21 heavy (non-hydrogen) atoms. The lowest BCUT2D eigenvalue weighted by Gasteiger charge is -2.37. The second-order valence-electron chi connectivity index (χ2n) is 4.99. The van der Waals surface area contributed by atoms with Gasteiger partial charge in [0.1, 0.15) is 5.82 Å². The number of aromatic nitrogens is 1. The lowest BCUT2D eigenvalue weighted by Crippen LogP contribution is -2.47. The Morgan fingerprint density at radius 2 is 1.81 bits per heavy atom. The number of piperazine rings is 1. The number of rotatable bonds is 3. The molecule has 2 aromatic rings. The van der Waals surface area contributed by atoms with Crippen molar-refractivity contribution in [2.45, 2.75) is 0 Å². The summed E-state index contributed by atoms with van der Waals surface area (Å²) >= 11 is 6.04. The van der Waals surface area contributed by atoms with Crippen LogP contribution in [0.5, 0.6) is 0 Å². The van der Waals surface area contributed by atoms with Gasteiger partial charge in [0, 0.05) is 43.1 Å². The van der Waals surface area contributed by atoms with E-state index in [9.17, 15) is 4.79 Å². The lowest BCUT2D eigenvalue weighted by atomic mass is 10.2. The summed E-state index contributed by atoms with van der Waals surface area (Å²) in [5, 5.41) is 0.753. The molecule has 0 spiro atoms. The van der Waals surface area contributed by atoms with E-state index in [1.54, 1.807) is 18.3 Å². The first-order chi connectivity index (χ1) is 10.3. The van der Waals surface area contributed by atoms with Crippen LogP contribution in [0, 0.1) is 0 Å². The van der Waals surface area contributed by atoms with Crippen LogP contribution in [0.15, 0.2) is 42.6 Å². The van der Waals surface area contributed by atoms with Gasteiger partial charge in [-0.3, -0.25) is 4.79 Å². The highest BCUT2D eigenvalue weighted by molar-refractivity contribution is 6.30. The van der Waals surface area contributed by atoms with Crippen LogP contribution in [-0.4, -0.2) is 37.4 Å². The van der Waals surface area contributed by atoms with Crippen LogP contribution in [0.25, 0.3) is 0 Å². The molecule has 0 amide bonds. The maximum Gasteiger partial charge on any atom is 0.153 e. The summed E-state index contributed by atoms with van der Waals surface area (Å²) < 4.78 is 0. The molecule has 1 aliphatic heterocycles. The number of halogens is 1. The van der Waals surface area contributed by atoms with Gasteiger partial charge < -0.3 is 9.80 Å². The van der Waals surface area contributed by atoms with Gasteiger partial charge in [-0.1, -0.05) is 17.7 Å². The molecule has 1 fully saturated rings. The molecule has 0 bridgehead atoms. The molecule has 0 atom stereocenters. The number of hydrogen-bond acceptors (Lipinski definition) is 4. The molecule has 1 saturated heterocycles. The predicted molar refractivity (Wildman–Crippen MR) is 85.5 cm³/mol. The molecular weight excluding hydrogens is 286 g/mol. The number of pyridine rings is 1. The van der Waals surface area contributed by atoms with Crippen LogP contribution in [0.4, 0.5) is 11.5 Å². The van der Waals surface area contributed by atoms with Gasteiger partial charge in [-0.2, -0.15) is 0 Å². The van der Waals surface area contributed by atoms with Gasteiger partial charge in [0.05, 0.1) is 5.56 Å². The zero-order valence-electron chi connectivity index (χ0n) is 11.6. The van der Waals surface area contributed by atoms with Gasteiger partial charge in [-0.15, -0.1) is 0 Å². The summed E-state index contributed by atoms with van der Waals surface area (Å²) in [5.74, 6) is 0.776. The Bertz CT molecular complexity index is 639. The van der Waals surface area contributed by atoms with Crippen molar-refractivity contribution in [2.24, 2.45) is 0 Å². The normalized spacial score (nSPS) is 15.1. The van der Waals surface area contributed by atoms with Crippen molar-refractivity contribution >= 4 is 29.4 Å². The van der Waals surface area contributed by atoms with Crippen LogP contribution in [0.3, 0.4) is 0 Å². The van der Waals surface area contributed by atoms with Crippen LogP contribution in [0.1, 0.15) is 10.4 Å². The topological polar surface area (TPSA) is 36.4 Å². The summed E-state index contributed by atoms with van der Waals surface area (Å²) in [4.78, 5) is 19.9. The van der Waals surface area contributed by atoms with E-state index in [1.807, 2.05) is 18.2 Å². The molecule has 0 saturated carbocycles. The van der Waals surface area contributed by atoms with Crippen molar-refractivity contribution in [3.05, 3.63) is 53.2 Å². The molecule has 0 aliphatic carbocycles. The SMILES string of the molecule is O=Cc1cccnc1N1CCN(c2cccc(Cl)c2)CC1. The van der Waals surface area contributed by atoms with E-state index in [0.29, 0.717) is 5.56 Å². The van der Waals surface area contributed by atoms with Crippen molar-refractivity contribution in [1.82, 2.24) is 4.98 Å². The Hall–Kier alpha value is -2.07. The van der Waals surface area contributed by atoms with Gasteiger partial charge >= 0.3 is 0 Å². The maximum atomic E-state index is 11.1. The standard InChI is InChI=1S/C16H16ClN3O/c17-14-4-1-5-15(11-14)19-7-9-20(10-8-19)16-13(12-21)3-2-6-18-16/h1-6,11-12H,7-10H2. The molecule has 0 unspecified atom stereocenters. The number of carbonyl (C=O) groups excluding carboxylic acids is 1. The van der Waals surface area contributed by atoms with Crippen molar-refractivity contribution in [3.8, 4) is 0 Å². The number of benzene rings is 1. The van der Waals surface area contributed by atoms with Crippen molar-refractivity contribution < 1.29 is 4.79 Å². The molecule has 3 rings (SSSR count). The van der Waals surface area contributed by atoms with Gasteiger partial charge in [-0.05, 0) is 30.3 Å². The molecule has 108 valence electrons. The van der Waals surface area contributed by atoms with Gasteiger partial charge in [0.2, 0.25) is 0 Å². The van der Waals surface area contributed by atoms with Crippen LogP contribution in [-0.2, 0) is 0 Å². The van der Waals surface area contributed by atoms with Crippen LogP contribution >= 0.6 is 11.6 Å². The molecule has 5 heteroatoms. The van der Waals surface area contributed by atoms with E-state index >= 15 is 0 Å². The smallest absolute Gasteiger partial charge is 0.153 e. The van der Waals surface area contributed by atoms with E-state index in [0.717, 1.165) is 49.0 Å². The number of anilines is 2. The molecule has 2 heterocycles. The summed E-state index contributed by atoms with van der Waals surface area (Å²) in [6.45, 7) is 3.44. The third kappa shape index (κ3) is 3.00. The number of carbonyl (C=O) groups is 1. The Morgan fingerprint density at radius 3 is 2.52 bits per heavy atom. The monoisotopic (exact) mass is 301 g/mol. The number of aldehydes is 1. The third-order valence-corrected chi connectivity index (χ3v) is 3.93. The quantitative estimate of drug-likeness (QED) is 0.817. The minimum absolute atomic E-state index is 0.647. The summed E-state index contributed by atoms with van der Waals surface area (Å²) in [5.41, 5.74) is 1.78. The molecule has 1 aromatic carbocycles. The highest BCUT2D eigenvalue weighted by atomic mass is 35.5. The highest BCUT2D eigenvalue weighted by Gasteiger charge is 2.20. The first-order valence-electron chi connectivity index (χ1n) is 6.93. The third-order valence-electron chi connectivity index (χ3n) is 3.70. The molecular formula is C16H16ClN3O. The van der Waals surface area contributed by atoms with Crippen molar-refractivity contribution in [2.75, 3.05) is 36.0 Å². The van der Waals surface area contributed by atoms with E-state index in [-0.39, 0.29) is 0 Å². The highest BCUT2D eigenvalue weighted by Crippen LogP contribution is 2.23. The Kier molecular flexibility index (Phi) is 4.06. The summed E-state index contributed by atoms with van der Waals surface area (Å²) in [7, 11) is 0. The van der Waals surface area contributed by atoms with Crippen molar-refractivity contribution in [3.63, 3.8) is 0 Å². The largest absolute Gasteiger partial charge is 0.368 e. The fourth-order valence-corrected chi connectivity index (χ4v) is 2.80. The minimum atomic E-state index is 0.647. The number of nitrogens with zero attached hydrogens (tertiary/aromatic N) is 3. The molecule has 1 aromatic heterocycles. The van der Waals surface area contributed by atoms with E-state index in [4.69, 9.17) is 11.6 Å². The fourth-order valence-electron chi connectivity index (χ4n) is 2.61. The maximum absolute atomic E-state index is 11.1. The van der Waals surface area contributed by atoms with Crippen LogP contribution in [0.2, 0.25) is 5.02 Å².